The first kappa shape index (κ1) is 21.5. The van der Waals surface area contributed by atoms with Gasteiger partial charge in [0.05, 0.1) is 11.7 Å². The molecule has 1 fully saturated rings. The second-order valence-electron chi connectivity index (χ2n) is 8.54. The maximum absolute atomic E-state index is 12.9. The average Bonchev–Trinajstić information content (AvgIpc) is 3.25. The van der Waals surface area contributed by atoms with Crippen molar-refractivity contribution in [3.8, 4) is 11.3 Å². The number of imidazole rings is 1. The molecule has 3 aromatic carbocycles. The molecule has 1 amide bonds. The summed E-state index contributed by atoms with van der Waals surface area (Å²) in [5.41, 5.74) is 5.29. The zero-order valence-corrected chi connectivity index (χ0v) is 19.1. The van der Waals surface area contributed by atoms with Crippen LogP contribution in [0.15, 0.2) is 84.9 Å². The number of aromatic nitrogens is 2. The third kappa shape index (κ3) is 4.86. The van der Waals surface area contributed by atoms with Crippen molar-refractivity contribution in [2.75, 3.05) is 0 Å². The first-order valence-electron chi connectivity index (χ1n) is 11.4. The van der Waals surface area contributed by atoms with Gasteiger partial charge in [-0.1, -0.05) is 84.4 Å². The zero-order valence-electron chi connectivity index (χ0n) is 18.4. The number of rotatable bonds is 6. The van der Waals surface area contributed by atoms with Crippen molar-refractivity contribution in [3.05, 3.63) is 113 Å². The van der Waals surface area contributed by atoms with E-state index in [1.54, 1.807) is 0 Å². The number of nitrogens with zero attached hydrogens (tertiary/aromatic N) is 2. The number of carbonyl (C=O) groups is 1. The number of likely N-dealkylation sites (tertiary alicyclic amines) is 1. The van der Waals surface area contributed by atoms with Crippen LogP contribution in [0.3, 0.4) is 0 Å². The fraction of sp³-hybridized carbons (Fsp3) is 0.214. The second-order valence-corrected chi connectivity index (χ2v) is 8.97. The molecule has 0 radical (unpaired) electrons. The Morgan fingerprint density at radius 1 is 0.939 bits per heavy atom. The molecule has 33 heavy (non-hydrogen) atoms. The molecular weight excluding hydrogens is 430 g/mol. The van der Waals surface area contributed by atoms with Gasteiger partial charge in [-0.15, -0.1) is 0 Å². The smallest absolute Gasteiger partial charge is 0.223 e. The van der Waals surface area contributed by atoms with Gasteiger partial charge in [0.2, 0.25) is 5.91 Å². The minimum absolute atomic E-state index is 0.0676. The van der Waals surface area contributed by atoms with Crippen LogP contribution in [-0.2, 0) is 17.8 Å². The van der Waals surface area contributed by atoms with Crippen LogP contribution in [0.25, 0.3) is 11.3 Å². The Hall–Kier alpha value is -3.37. The van der Waals surface area contributed by atoms with E-state index in [1.165, 1.54) is 0 Å². The summed E-state index contributed by atoms with van der Waals surface area (Å²) in [6, 6.07) is 28.2. The van der Waals surface area contributed by atoms with E-state index in [0.29, 0.717) is 19.4 Å². The third-order valence-electron chi connectivity index (χ3n) is 6.19. The van der Waals surface area contributed by atoms with E-state index in [2.05, 4.69) is 35.3 Å². The van der Waals surface area contributed by atoms with E-state index in [4.69, 9.17) is 16.6 Å². The fourth-order valence-electron chi connectivity index (χ4n) is 4.58. The Balaban J connectivity index is 1.52. The summed E-state index contributed by atoms with van der Waals surface area (Å²) in [6.07, 6.45) is 3.05. The van der Waals surface area contributed by atoms with Crippen molar-refractivity contribution < 1.29 is 4.79 Å². The summed E-state index contributed by atoms with van der Waals surface area (Å²) in [7, 11) is 0. The number of benzene rings is 3. The third-order valence-corrected chi connectivity index (χ3v) is 6.43. The highest BCUT2D eigenvalue weighted by molar-refractivity contribution is 6.30. The number of hydrogen-bond acceptors (Lipinski definition) is 2. The first-order chi connectivity index (χ1) is 16.2. The molecule has 5 rings (SSSR count). The highest BCUT2D eigenvalue weighted by atomic mass is 35.5. The number of amides is 1. The Morgan fingerprint density at radius 2 is 1.67 bits per heavy atom. The molecule has 0 saturated carbocycles. The van der Waals surface area contributed by atoms with Gasteiger partial charge in [-0.05, 0) is 36.1 Å². The molecule has 1 aliphatic rings. The van der Waals surface area contributed by atoms with Gasteiger partial charge in [0.25, 0.3) is 0 Å². The quantitative estimate of drug-likeness (QED) is 0.357. The van der Waals surface area contributed by atoms with Gasteiger partial charge in [0.1, 0.15) is 5.82 Å². The summed E-state index contributed by atoms with van der Waals surface area (Å²) >= 11 is 6.24. The fourth-order valence-corrected chi connectivity index (χ4v) is 4.80. The largest absolute Gasteiger partial charge is 0.343 e. The molecule has 0 spiro atoms. The van der Waals surface area contributed by atoms with E-state index < -0.39 is 0 Å². The molecule has 0 aliphatic carbocycles. The number of halogens is 1. The maximum atomic E-state index is 12.9. The lowest BCUT2D eigenvalue weighted by atomic mass is 10.00. The highest BCUT2D eigenvalue weighted by Gasteiger charge is 2.32. The highest BCUT2D eigenvalue weighted by Crippen LogP contribution is 2.34. The number of H-pyrrole nitrogens is 1. The molecule has 1 unspecified atom stereocenters. The summed E-state index contributed by atoms with van der Waals surface area (Å²) < 4.78 is 0. The van der Waals surface area contributed by atoms with Crippen LogP contribution in [0.2, 0.25) is 5.02 Å². The van der Waals surface area contributed by atoms with Gasteiger partial charge >= 0.3 is 0 Å². The minimum atomic E-state index is -0.0676. The van der Waals surface area contributed by atoms with Gasteiger partial charge in [-0.2, -0.15) is 0 Å². The molecule has 166 valence electrons. The van der Waals surface area contributed by atoms with Crippen molar-refractivity contribution in [3.63, 3.8) is 0 Å². The van der Waals surface area contributed by atoms with Crippen molar-refractivity contribution in [2.24, 2.45) is 0 Å². The number of aromatic amines is 1. The second kappa shape index (κ2) is 9.63. The number of piperidine rings is 1. The van der Waals surface area contributed by atoms with Gasteiger partial charge in [0.15, 0.2) is 0 Å². The number of nitrogens with one attached hydrogen (secondary N) is 1. The van der Waals surface area contributed by atoms with Crippen LogP contribution in [0, 0.1) is 0 Å². The predicted octanol–water partition coefficient (Wildman–Crippen LogP) is 6.57. The first-order valence-corrected chi connectivity index (χ1v) is 11.8. The number of carbonyl (C=O) groups excluding carboxylic acids is 1. The zero-order chi connectivity index (χ0) is 22.6. The van der Waals surface area contributed by atoms with Gasteiger partial charge in [-0.3, -0.25) is 4.79 Å². The van der Waals surface area contributed by atoms with Gasteiger partial charge < -0.3 is 9.88 Å². The van der Waals surface area contributed by atoms with Crippen LogP contribution in [0.1, 0.15) is 47.9 Å². The summed E-state index contributed by atoms with van der Waals surface area (Å²) in [5.74, 6) is 1.04. The van der Waals surface area contributed by atoms with E-state index in [0.717, 1.165) is 51.8 Å². The average molecular weight is 456 g/mol. The van der Waals surface area contributed by atoms with Crippen molar-refractivity contribution in [1.82, 2.24) is 14.9 Å². The topological polar surface area (TPSA) is 49.0 Å². The Labute approximate surface area is 199 Å². The van der Waals surface area contributed by atoms with E-state index in [-0.39, 0.29) is 11.9 Å². The Morgan fingerprint density at radius 3 is 2.42 bits per heavy atom. The molecule has 0 bridgehead atoms. The Kier molecular flexibility index (Phi) is 6.27. The van der Waals surface area contributed by atoms with Crippen LogP contribution >= 0.6 is 11.6 Å². The van der Waals surface area contributed by atoms with Crippen molar-refractivity contribution in [1.29, 1.82) is 0 Å². The standard InChI is InChI=1S/C28H26ClN3O/c29-23-14-7-11-21(17-23)18-24-27(22-12-5-2-6-13-22)31-28(30-24)25-15-8-16-26(33)32(25)19-20-9-3-1-4-10-20/h1-7,9-14,17,25H,8,15-16,18-19H2,(H,30,31). The summed E-state index contributed by atoms with van der Waals surface area (Å²) in [6.45, 7) is 0.593. The number of hydrogen-bond donors (Lipinski definition) is 1. The van der Waals surface area contributed by atoms with Crippen molar-refractivity contribution in [2.45, 2.75) is 38.3 Å². The molecule has 1 aliphatic heterocycles. The monoisotopic (exact) mass is 455 g/mol. The molecule has 2 heterocycles. The predicted molar refractivity (Wildman–Crippen MR) is 132 cm³/mol. The molecule has 1 atom stereocenters. The lowest BCUT2D eigenvalue weighted by molar-refractivity contribution is -0.137. The Bertz CT molecular complexity index is 1240. The normalized spacial score (nSPS) is 16.2. The molecule has 1 N–H and O–H groups in total. The SMILES string of the molecule is O=C1CCCC(c2nc(-c3ccccc3)c(Cc3cccc(Cl)c3)[nH]2)N1Cc1ccccc1. The maximum Gasteiger partial charge on any atom is 0.223 e. The molecular formula is C28H26ClN3O. The lowest BCUT2D eigenvalue weighted by Gasteiger charge is -2.34. The van der Waals surface area contributed by atoms with Gasteiger partial charge in [0, 0.05) is 35.7 Å². The van der Waals surface area contributed by atoms with Crippen LogP contribution in [-0.4, -0.2) is 20.8 Å². The lowest BCUT2D eigenvalue weighted by Crippen LogP contribution is -2.38. The van der Waals surface area contributed by atoms with Crippen LogP contribution in [0.5, 0.6) is 0 Å². The molecule has 1 aromatic heterocycles. The van der Waals surface area contributed by atoms with E-state index >= 15 is 0 Å². The molecule has 4 nitrogen and oxygen atoms in total. The molecule has 4 aromatic rings. The van der Waals surface area contributed by atoms with Gasteiger partial charge in [-0.25, -0.2) is 4.98 Å². The summed E-state index contributed by atoms with van der Waals surface area (Å²) in [4.78, 5) is 23.6. The van der Waals surface area contributed by atoms with Crippen LogP contribution in [0.4, 0.5) is 0 Å². The summed E-state index contributed by atoms with van der Waals surface area (Å²) in [5, 5.41) is 0.723. The minimum Gasteiger partial charge on any atom is -0.343 e. The van der Waals surface area contributed by atoms with E-state index in [1.807, 2.05) is 59.5 Å². The molecule has 1 saturated heterocycles. The molecule has 5 heteroatoms. The van der Waals surface area contributed by atoms with E-state index in [9.17, 15) is 4.79 Å². The van der Waals surface area contributed by atoms with Crippen molar-refractivity contribution >= 4 is 17.5 Å². The van der Waals surface area contributed by atoms with Crippen LogP contribution < -0.4 is 0 Å².